The van der Waals surface area contributed by atoms with Gasteiger partial charge in [0.15, 0.2) is 11.7 Å². The molecule has 0 unspecified atom stereocenters. The summed E-state index contributed by atoms with van der Waals surface area (Å²) in [6, 6.07) is 16.3. The topological polar surface area (TPSA) is 80.3 Å². The van der Waals surface area contributed by atoms with E-state index in [4.69, 9.17) is 16.3 Å². The van der Waals surface area contributed by atoms with Crippen LogP contribution in [0, 0.1) is 0 Å². The van der Waals surface area contributed by atoms with Gasteiger partial charge in [0.05, 0.1) is 12.2 Å². The summed E-state index contributed by atoms with van der Waals surface area (Å²) in [4.78, 5) is 28.1. The molecular formula is C19H16ClN3O3S. The van der Waals surface area contributed by atoms with Crippen LogP contribution in [0.15, 0.2) is 60.0 Å². The number of rotatable bonds is 7. The zero-order valence-corrected chi connectivity index (χ0v) is 15.7. The number of hydrogen-bond acceptors (Lipinski definition) is 5. The van der Waals surface area contributed by atoms with Gasteiger partial charge >= 0.3 is 0 Å². The summed E-state index contributed by atoms with van der Waals surface area (Å²) < 4.78 is 5.32. The van der Waals surface area contributed by atoms with E-state index in [1.165, 1.54) is 11.3 Å². The zero-order chi connectivity index (χ0) is 19.1. The van der Waals surface area contributed by atoms with Gasteiger partial charge in [-0.25, -0.2) is 4.98 Å². The van der Waals surface area contributed by atoms with Gasteiger partial charge < -0.3 is 15.4 Å². The highest BCUT2D eigenvalue weighted by Crippen LogP contribution is 2.30. The standard InChI is InChI=1S/C19H16ClN3O3S/c20-15-9-5-4-8-14(15)16-12-27-19(22-16)23-17(24)10-21-18(25)11-26-13-6-2-1-3-7-13/h1-9,12H,10-11H2,(H,21,25)(H,22,23,24). The molecule has 0 saturated carbocycles. The van der Waals surface area contributed by atoms with Crippen LogP contribution in [0.2, 0.25) is 5.02 Å². The Labute approximate surface area is 165 Å². The van der Waals surface area contributed by atoms with Crippen LogP contribution in [0.25, 0.3) is 11.3 Å². The molecule has 0 aliphatic heterocycles. The number of amides is 2. The average molecular weight is 402 g/mol. The summed E-state index contributed by atoms with van der Waals surface area (Å²) >= 11 is 7.43. The van der Waals surface area contributed by atoms with Crippen LogP contribution in [0.5, 0.6) is 5.75 Å². The van der Waals surface area contributed by atoms with E-state index in [1.807, 2.05) is 41.8 Å². The molecule has 2 amide bonds. The van der Waals surface area contributed by atoms with Gasteiger partial charge in [0.1, 0.15) is 5.75 Å². The fraction of sp³-hybridized carbons (Fsp3) is 0.105. The summed E-state index contributed by atoms with van der Waals surface area (Å²) in [5.41, 5.74) is 1.48. The number of halogens is 1. The van der Waals surface area contributed by atoms with Crippen LogP contribution >= 0.6 is 22.9 Å². The van der Waals surface area contributed by atoms with Crippen LogP contribution in [0.4, 0.5) is 5.13 Å². The molecule has 0 radical (unpaired) electrons. The van der Waals surface area contributed by atoms with Crippen molar-refractivity contribution in [3.05, 3.63) is 65.0 Å². The molecule has 2 N–H and O–H groups in total. The van der Waals surface area contributed by atoms with Gasteiger partial charge in [-0.3, -0.25) is 9.59 Å². The number of hydrogen-bond donors (Lipinski definition) is 2. The fourth-order valence-corrected chi connectivity index (χ4v) is 3.14. The molecule has 0 atom stereocenters. The third kappa shape index (κ3) is 5.54. The van der Waals surface area contributed by atoms with Gasteiger partial charge in [0, 0.05) is 16.0 Å². The van der Waals surface area contributed by atoms with E-state index in [1.54, 1.807) is 18.2 Å². The number of anilines is 1. The molecule has 27 heavy (non-hydrogen) atoms. The van der Waals surface area contributed by atoms with Crippen molar-refractivity contribution in [1.29, 1.82) is 0 Å². The van der Waals surface area contributed by atoms with E-state index in [-0.39, 0.29) is 25.0 Å². The third-order valence-corrected chi connectivity index (χ3v) is 4.55. The molecule has 0 bridgehead atoms. The van der Waals surface area contributed by atoms with Gasteiger partial charge in [-0.2, -0.15) is 0 Å². The zero-order valence-electron chi connectivity index (χ0n) is 14.1. The molecule has 0 aliphatic rings. The number of carbonyl (C=O) groups excluding carboxylic acids is 2. The monoisotopic (exact) mass is 401 g/mol. The normalized spacial score (nSPS) is 10.3. The van der Waals surface area contributed by atoms with Crippen molar-refractivity contribution in [3.63, 3.8) is 0 Å². The molecule has 0 aliphatic carbocycles. The molecule has 1 heterocycles. The minimum atomic E-state index is -0.384. The lowest BCUT2D eigenvalue weighted by molar-refractivity contribution is -0.125. The largest absolute Gasteiger partial charge is 0.484 e. The molecule has 8 heteroatoms. The first-order valence-electron chi connectivity index (χ1n) is 8.06. The first-order valence-corrected chi connectivity index (χ1v) is 9.32. The van der Waals surface area contributed by atoms with Crippen LogP contribution in [-0.4, -0.2) is 29.9 Å². The van der Waals surface area contributed by atoms with Crippen molar-refractivity contribution in [2.75, 3.05) is 18.5 Å². The number of benzene rings is 2. The van der Waals surface area contributed by atoms with E-state index in [0.717, 1.165) is 5.56 Å². The van der Waals surface area contributed by atoms with Crippen LogP contribution < -0.4 is 15.4 Å². The van der Waals surface area contributed by atoms with E-state index in [9.17, 15) is 9.59 Å². The van der Waals surface area contributed by atoms with Crippen LogP contribution in [0.1, 0.15) is 0 Å². The Bertz CT molecular complexity index is 931. The molecule has 0 spiro atoms. The second-order valence-corrected chi connectivity index (χ2v) is 6.71. The molecule has 1 aromatic heterocycles. The highest BCUT2D eigenvalue weighted by atomic mass is 35.5. The third-order valence-electron chi connectivity index (χ3n) is 3.46. The molecule has 3 aromatic rings. The summed E-state index contributed by atoms with van der Waals surface area (Å²) in [5.74, 6) is -0.167. The van der Waals surface area contributed by atoms with Gasteiger partial charge in [0.25, 0.3) is 5.91 Å². The number of thiazole rings is 1. The van der Waals surface area contributed by atoms with E-state index < -0.39 is 0 Å². The minimum absolute atomic E-state index is 0.162. The molecule has 3 rings (SSSR count). The highest BCUT2D eigenvalue weighted by Gasteiger charge is 2.11. The SMILES string of the molecule is O=C(COc1ccccc1)NCC(=O)Nc1nc(-c2ccccc2Cl)cs1. The van der Waals surface area contributed by atoms with Crippen molar-refractivity contribution in [1.82, 2.24) is 10.3 Å². The van der Waals surface area contributed by atoms with Crippen molar-refractivity contribution in [2.24, 2.45) is 0 Å². The smallest absolute Gasteiger partial charge is 0.258 e. The quantitative estimate of drug-likeness (QED) is 0.634. The lowest BCUT2D eigenvalue weighted by Gasteiger charge is -2.07. The molecule has 6 nitrogen and oxygen atoms in total. The number of para-hydroxylation sites is 1. The second kappa shape index (κ2) is 9.16. The molecule has 2 aromatic carbocycles. The average Bonchev–Trinajstić information content (AvgIpc) is 3.14. The number of ether oxygens (including phenoxy) is 1. The maximum absolute atomic E-state index is 12.0. The summed E-state index contributed by atoms with van der Waals surface area (Å²) in [7, 11) is 0. The Morgan fingerprint density at radius 2 is 1.78 bits per heavy atom. The first kappa shape index (κ1) is 18.9. The molecule has 138 valence electrons. The Balaban J connectivity index is 1.46. The van der Waals surface area contributed by atoms with Crippen LogP contribution in [-0.2, 0) is 9.59 Å². The van der Waals surface area contributed by atoms with Crippen LogP contribution in [0.3, 0.4) is 0 Å². The maximum Gasteiger partial charge on any atom is 0.258 e. The number of aromatic nitrogens is 1. The highest BCUT2D eigenvalue weighted by molar-refractivity contribution is 7.14. The van der Waals surface area contributed by atoms with E-state index in [0.29, 0.717) is 21.6 Å². The minimum Gasteiger partial charge on any atom is -0.484 e. The van der Waals surface area contributed by atoms with Crippen molar-refractivity contribution < 1.29 is 14.3 Å². The Morgan fingerprint density at radius 3 is 2.56 bits per heavy atom. The Morgan fingerprint density at radius 1 is 1.04 bits per heavy atom. The number of carbonyl (C=O) groups is 2. The van der Waals surface area contributed by atoms with Gasteiger partial charge in [-0.05, 0) is 18.2 Å². The fourth-order valence-electron chi connectivity index (χ4n) is 2.18. The van der Waals surface area contributed by atoms with Crippen molar-refractivity contribution >= 4 is 39.9 Å². The van der Waals surface area contributed by atoms with E-state index in [2.05, 4.69) is 15.6 Å². The molecule has 0 saturated heterocycles. The number of nitrogens with zero attached hydrogens (tertiary/aromatic N) is 1. The molecule has 0 fully saturated rings. The second-order valence-electron chi connectivity index (χ2n) is 5.44. The summed E-state index contributed by atoms with van der Waals surface area (Å²) in [6.45, 7) is -0.330. The van der Waals surface area contributed by atoms with Gasteiger partial charge in [-0.1, -0.05) is 48.0 Å². The van der Waals surface area contributed by atoms with Crippen molar-refractivity contribution in [3.8, 4) is 17.0 Å². The predicted molar refractivity (Wildman–Crippen MR) is 106 cm³/mol. The Hall–Kier alpha value is -2.90. The lowest BCUT2D eigenvalue weighted by atomic mass is 10.2. The maximum atomic E-state index is 12.0. The predicted octanol–water partition coefficient (Wildman–Crippen LogP) is 3.60. The summed E-state index contributed by atoms with van der Waals surface area (Å²) in [5, 5.41) is 7.98. The first-order chi connectivity index (χ1) is 13.1. The number of nitrogens with one attached hydrogen (secondary N) is 2. The Kier molecular flexibility index (Phi) is 6.40. The van der Waals surface area contributed by atoms with Crippen molar-refractivity contribution in [2.45, 2.75) is 0 Å². The molecular weight excluding hydrogens is 386 g/mol. The van der Waals surface area contributed by atoms with Gasteiger partial charge in [-0.15, -0.1) is 11.3 Å². The summed E-state index contributed by atoms with van der Waals surface area (Å²) in [6.07, 6.45) is 0. The lowest BCUT2D eigenvalue weighted by Crippen LogP contribution is -2.35. The van der Waals surface area contributed by atoms with Gasteiger partial charge in [0.2, 0.25) is 5.91 Å². The van der Waals surface area contributed by atoms with E-state index >= 15 is 0 Å².